The maximum Gasteiger partial charge on any atom is 0.309 e. The molecule has 6 nitrogen and oxygen atoms in total. The second-order valence-electron chi connectivity index (χ2n) is 8.11. The molecule has 0 bridgehead atoms. The fraction of sp³-hybridized carbons (Fsp3) is 0.296. The number of benzene rings is 3. The number of esters is 1. The van der Waals surface area contributed by atoms with Crippen molar-refractivity contribution in [3.63, 3.8) is 0 Å². The summed E-state index contributed by atoms with van der Waals surface area (Å²) in [6.07, 6.45) is -5.17. The van der Waals surface area contributed by atoms with Crippen molar-refractivity contribution in [3.05, 3.63) is 108 Å². The molecule has 0 aliphatic carbocycles. The monoisotopic (exact) mass is 448 g/mol. The lowest BCUT2D eigenvalue weighted by Gasteiger charge is -2.34. The van der Waals surface area contributed by atoms with Crippen LogP contribution in [0.25, 0.3) is 0 Å². The van der Waals surface area contributed by atoms with Gasteiger partial charge in [-0.25, -0.2) is 0 Å². The molecule has 1 aliphatic heterocycles. The molecule has 1 saturated heterocycles. The van der Waals surface area contributed by atoms with Gasteiger partial charge in [0, 0.05) is 0 Å². The van der Waals surface area contributed by atoms with Crippen LogP contribution in [-0.4, -0.2) is 40.6 Å². The first-order valence-corrected chi connectivity index (χ1v) is 11.0. The number of aliphatic hydroxyl groups excluding tert-OH is 2. The Hall–Kier alpha value is -3.03. The van der Waals surface area contributed by atoms with E-state index in [1.54, 1.807) is 0 Å². The molecule has 33 heavy (non-hydrogen) atoms. The molecule has 3 aromatic rings. The van der Waals surface area contributed by atoms with Crippen molar-refractivity contribution in [2.24, 2.45) is 0 Å². The molecule has 6 heteroatoms. The second-order valence-corrected chi connectivity index (χ2v) is 8.11. The standard InChI is InChI=1S/C27H28O6/c28-22-16-23(29)33-26(22)27(32-18-20-12-6-2-7-13-20)24(30)25(21-14-8-3-9-15-21)31-17-19-10-4-1-5-11-19/h1-15,22,24-28,30H,16-18H2/t22-,24-,25-,26+,27+/m1/s1. The van der Waals surface area contributed by atoms with E-state index in [-0.39, 0.29) is 19.6 Å². The predicted octanol–water partition coefficient (Wildman–Crippen LogP) is 3.57. The number of hydrogen-bond donors (Lipinski definition) is 2. The number of hydrogen-bond acceptors (Lipinski definition) is 6. The summed E-state index contributed by atoms with van der Waals surface area (Å²) in [5, 5.41) is 21.9. The third-order valence-electron chi connectivity index (χ3n) is 5.68. The Morgan fingerprint density at radius 1 is 0.818 bits per heavy atom. The quantitative estimate of drug-likeness (QED) is 0.462. The molecule has 0 radical (unpaired) electrons. The summed E-state index contributed by atoms with van der Waals surface area (Å²) in [5.41, 5.74) is 2.61. The van der Waals surface area contributed by atoms with Gasteiger partial charge >= 0.3 is 5.97 Å². The van der Waals surface area contributed by atoms with E-state index in [0.717, 1.165) is 16.7 Å². The lowest BCUT2D eigenvalue weighted by Crippen LogP contribution is -2.47. The highest BCUT2D eigenvalue weighted by Gasteiger charge is 2.45. The van der Waals surface area contributed by atoms with E-state index in [1.807, 2.05) is 91.0 Å². The number of carbonyl (C=O) groups is 1. The van der Waals surface area contributed by atoms with Crippen LogP contribution in [-0.2, 0) is 32.2 Å². The Kier molecular flexibility index (Phi) is 7.86. The molecule has 0 aromatic heterocycles. The maximum atomic E-state index is 11.9. The van der Waals surface area contributed by atoms with Crippen LogP contribution in [0.3, 0.4) is 0 Å². The van der Waals surface area contributed by atoms with E-state index >= 15 is 0 Å². The van der Waals surface area contributed by atoms with Gasteiger partial charge in [0.15, 0.2) is 6.10 Å². The Bertz CT molecular complexity index is 995. The van der Waals surface area contributed by atoms with Crippen LogP contribution < -0.4 is 0 Å². The van der Waals surface area contributed by atoms with Gasteiger partial charge in [0.25, 0.3) is 0 Å². The highest BCUT2D eigenvalue weighted by Crippen LogP contribution is 2.31. The maximum absolute atomic E-state index is 11.9. The summed E-state index contributed by atoms with van der Waals surface area (Å²) in [7, 11) is 0. The Morgan fingerprint density at radius 2 is 1.33 bits per heavy atom. The van der Waals surface area contributed by atoms with E-state index in [9.17, 15) is 15.0 Å². The molecular weight excluding hydrogens is 420 g/mol. The largest absolute Gasteiger partial charge is 0.457 e. The topological polar surface area (TPSA) is 85.2 Å². The minimum absolute atomic E-state index is 0.135. The van der Waals surface area contributed by atoms with Gasteiger partial charge in [0.2, 0.25) is 0 Å². The zero-order valence-corrected chi connectivity index (χ0v) is 18.2. The van der Waals surface area contributed by atoms with Gasteiger partial charge in [-0.1, -0.05) is 91.0 Å². The number of carbonyl (C=O) groups excluding carboxylic acids is 1. The Labute approximate surface area is 193 Å². The summed E-state index contributed by atoms with van der Waals surface area (Å²) in [6.45, 7) is 0.458. The van der Waals surface area contributed by atoms with E-state index in [2.05, 4.69) is 0 Å². The van der Waals surface area contributed by atoms with Crippen molar-refractivity contribution in [1.82, 2.24) is 0 Å². The molecule has 1 aliphatic rings. The number of ether oxygens (including phenoxy) is 3. The Morgan fingerprint density at radius 3 is 1.85 bits per heavy atom. The fourth-order valence-electron chi connectivity index (χ4n) is 3.97. The summed E-state index contributed by atoms with van der Waals surface area (Å²) in [6, 6.07) is 28.5. The van der Waals surface area contributed by atoms with Crippen molar-refractivity contribution in [1.29, 1.82) is 0 Å². The summed E-state index contributed by atoms with van der Waals surface area (Å²) >= 11 is 0. The first-order chi connectivity index (χ1) is 16.1. The first-order valence-electron chi connectivity index (χ1n) is 11.0. The molecule has 5 atom stereocenters. The minimum Gasteiger partial charge on any atom is -0.457 e. The predicted molar refractivity (Wildman–Crippen MR) is 122 cm³/mol. The van der Waals surface area contributed by atoms with Gasteiger partial charge in [-0.3, -0.25) is 4.79 Å². The van der Waals surface area contributed by atoms with Crippen LogP contribution in [0.2, 0.25) is 0 Å². The summed E-state index contributed by atoms with van der Waals surface area (Å²) in [5.74, 6) is -0.519. The normalized spacial score (nSPS) is 20.7. The van der Waals surface area contributed by atoms with Gasteiger partial charge in [0.1, 0.15) is 24.4 Å². The van der Waals surface area contributed by atoms with Gasteiger partial charge in [-0.05, 0) is 16.7 Å². The molecule has 1 fully saturated rings. The number of aliphatic hydroxyl groups is 2. The van der Waals surface area contributed by atoms with Gasteiger partial charge in [0.05, 0.1) is 19.6 Å². The number of rotatable bonds is 10. The van der Waals surface area contributed by atoms with Crippen molar-refractivity contribution in [3.8, 4) is 0 Å². The lowest BCUT2D eigenvalue weighted by molar-refractivity contribution is -0.178. The lowest BCUT2D eigenvalue weighted by atomic mass is 9.94. The molecule has 3 aromatic carbocycles. The first kappa shape index (κ1) is 23.1. The zero-order valence-electron chi connectivity index (χ0n) is 18.2. The average molecular weight is 449 g/mol. The minimum atomic E-state index is -1.20. The van der Waals surface area contributed by atoms with Crippen LogP contribution >= 0.6 is 0 Å². The van der Waals surface area contributed by atoms with E-state index in [1.165, 1.54) is 0 Å². The molecular formula is C27H28O6. The van der Waals surface area contributed by atoms with E-state index < -0.39 is 36.5 Å². The second kappa shape index (κ2) is 11.2. The third-order valence-corrected chi connectivity index (χ3v) is 5.68. The van der Waals surface area contributed by atoms with E-state index in [4.69, 9.17) is 14.2 Å². The highest BCUT2D eigenvalue weighted by molar-refractivity contribution is 5.72. The van der Waals surface area contributed by atoms with Gasteiger partial charge in [-0.2, -0.15) is 0 Å². The average Bonchev–Trinajstić information content (AvgIpc) is 3.19. The molecule has 0 unspecified atom stereocenters. The highest BCUT2D eigenvalue weighted by atomic mass is 16.6. The van der Waals surface area contributed by atoms with Crippen molar-refractivity contribution in [2.45, 2.75) is 50.2 Å². The summed E-state index contributed by atoms with van der Waals surface area (Å²) < 4.78 is 17.6. The SMILES string of the molecule is O=C1C[C@@H](O)[C@@H]([C@@H](OCc2ccccc2)[C@H](O)[C@H](OCc2ccccc2)c2ccccc2)O1. The van der Waals surface area contributed by atoms with Gasteiger partial charge < -0.3 is 24.4 Å². The molecule has 0 amide bonds. The van der Waals surface area contributed by atoms with Crippen LogP contribution in [0.15, 0.2) is 91.0 Å². The Balaban J connectivity index is 1.59. The zero-order chi connectivity index (χ0) is 23.0. The molecule has 2 N–H and O–H groups in total. The molecule has 1 heterocycles. The van der Waals surface area contributed by atoms with Crippen LogP contribution in [0, 0.1) is 0 Å². The molecule has 0 spiro atoms. The molecule has 4 rings (SSSR count). The van der Waals surface area contributed by atoms with Crippen molar-refractivity contribution in [2.75, 3.05) is 0 Å². The van der Waals surface area contributed by atoms with Crippen LogP contribution in [0.1, 0.15) is 29.2 Å². The van der Waals surface area contributed by atoms with Gasteiger partial charge in [-0.15, -0.1) is 0 Å². The number of cyclic esters (lactones) is 1. The van der Waals surface area contributed by atoms with Crippen LogP contribution in [0.5, 0.6) is 0 Å². The van der Waals surface area contributed by atoms with E-state index in [0.29, 0.717) is 0 Å². The third kappa shape index (κ3) is 6.06. The summed E-state index contributed by atoms with van der Waals surface area (Å²) in [4.78, 5) is 11.9. The smallest absolute Gasteiger partial charge is 0.309 e. The van der Waals surface area contributed by atoms with Crippen LogP contribution in [0.4, 0.5) is 0 Å². The fourth-order valence-corrected chi connectivity index (χ4v) is 3.97. The molecule has 0 saturated carbocycles. The van der Waals surface area contributed by atoms with Crippen molar-refractivity contribution >= 4 is 5.97 Å². The van der Waals surface area contributed by atoms with Crippen molar-refractivity contribution < 1.29 is 29.2 Å². The molecule has 172 valence electrons.